The predicted molar refractivity (Wildman–Crippen MR) is 70.0 cm³/mol. The Bertz CT molecular complexity index is 409. The Hall–Kier alpha value is -1.69. The van der Waals surface area contributed by atoms with E-state index in [-0.39, 0.29) is 11.7 Å². The molecule has 0 aliphatic carbocycles. The number of carboxylic acids is 1. The van der Waals surface area contributed by atoms with E-state index < -0.39 is 5.97 Å². The zero-order valence-corrected chi connectivity index (χ0v) is 11.3. The molecular weight excluding hydrogens is 232 g/mol. The van der Waals surface area contributed by atoms with E-state index in [1.54, 1.807) is 0 Å². The van der Waals surface area contributed by atoms with Gasteiger partial charge >= 0.3 is 5.97 Å². The summed E-state index contributed by atoms with van der Waals surface area (Å²) in [7, 11) is 3.97. The largest absolute Gasteiger partial charge is 0.476 e. The molecule has 6 heteroatoms. The summed E-state index contributed by atoms with van der Waals surface area (Å²) in [6.45, 7) is 5.54. The van der Waals surface area contributed by atoms with Gasteiger partial charge in [-0.25, -0.2) is 14.8 Å². The van der Waals surface area contributed by atoms with Gasteiger partial charge in [0.25, 0.3) is 0 Å². The van der Waals surface area contributed by atoms with Gasteiger partial charge in [0.15, 0.2) is 11.5 Å². The van der Waals surface area contributed by atoms with Gasteiger partial charge in [0.1, 0.15) is 0 Å². The van der Waals surface area contributed by atoms with E-state index in [0.29, 0.717) is 12.4 Å². The van der Waals surface area contributed by atoms with Gasteiger partial charge in [0.2, 0.25) is 0 Å². The average molecular weight is 252 g/mol. The molecule has 1 aromatic heterocycles. The molecule has 0 aliphatic rings. The third kappa shape index (κ3) is 3.40. The highest BCUT2D eigenvalue weighted by Gasteiger charge is 2.21. The lowest BCUT2D eigenvalue weighted by Crippen LogP contribution is -2.41. The fraction of sp³-hybridized carbons (Fsp3) is 0.583. The van der Waals surface area contributed by atoms with Crippen molar-refractivity contribution in [2.24, 2.45) is 0 Å². The molecule has 1 rings (SSSR count). The third-order valence-electron chi connectivity index (χ3n) is 2.66. The second kappa shape index (κ2) is 6.30. The number of aromatic carboxylic acids is 1. The summed E-state index contributed by atoms with van der Waals surface area (Å²) in [5.41, 5.74) is 0.00459. The number of aromatic nitrogens is 2. The molecule has 1 N–H and O–H groups in total. The van der Waals surface area contributed by atoms with Gasteiger partial charge in [-0.15, -0.1) is 0 Å². The minimum absolute atomic E-state index is 0.00459. The minimum atomic E-state index is -1.05. The van der Waals surface area contributed by atoms with Crippen molar-refractivity contribution >= 4 is 11.8 Å². The lowest BCUT2D eigenvalue weighted by molar-refractivity contribution is 0.0690. The smallest absolute Gasteiger partial charge is 0.358 e. The first-order chi connectivity index (χ1) is 8.47. The Balaban J connectivity index is 3.05. The molecule has 0 amide bonds. The highest BCUT2D eigenvalue weighted by molar-refractivity contribution is 5.90. The fourth-order valence-corrected chi connectivity index (χ4v) is 1.99. The van der Waals surface area contributed by atoms with Crippen molar-refractivity contribution in [3.05, 3.63) is 18.1 Å². The van der Waals surface area contributed by atoms with E-state index in [0.717, 1.165) is 6.54 Å². The standard InChI is InChI=1S/C12H20N4O2/c1-5-16(9(2)8-15(3)4)11-10(12(17)18)13-6-7-14-11/h6-7,9H,5,8H2,1-4H3,(H,17,18). The maximum Gasteiger partial charge on any atom is 0.358 e. The van der Waals surface area contributed by atoms with Crippen molar-refractivity contribution in [3.63, 3.8) is 0 Å². The molecule has 1 atom stereocenters. The van der Waals surface area contributed by atoms with E-state index in [1.165, 1.54) is 12.4 Å². The van der Waals surface area contributed by atoms with Crippen LogP contribution in [0.1, 0.15) is 24.3 Å². The highest BCUT2D eigenvalue weighted by Crippen LogP contribution is 2.17. The molecule has 0 saturated carbocycles. The zero-order valence-electron chi connectivity index (χ0n) is 11.3. The lowest BCUT2D eigenvalue weighted by atomic mass is 10.2. The van der Waals surface area contributed by atoms with Crippen molar-refractivity contribution in [2.75, 3.05) is 32.1 Å². The molecule has 1 unspecified atom stereocenters. The van der Waals surface area contributed by atoms with Crippen LogP contribution in [0.4, 0.5) is 5.82 Å². The summed E-state index contributed by atoms with van der Waals surface area (Å²) in [5.74, 6) is -0.615. The van der Waals surface area contributed by atoms with Crippen LogP contribution in [0.3, 0.4) is 0 Å². The average Bonchev–Trinajstić information content (AvgIpc) is 2.29. The summed E-state index contributed by atoms with van der Waals surface area (Å²) < 4.78 is 0. The topological polar surface area (TPSA) is 69.6 Å². The highest BCUT2D eigenvalue weighted by atomic mass is 16.4. The third-order valence-corrected chi connectivity index (χ3v) is 2.66. The van der Waals surface area contributed by atoms with Crippen LogP contribution in [-0.4, -0.2) is 59.2 Å². The number of hydrogen-bond acceptors (Lipinski definition) is 5. The van der Waals surface area contributed by atoms with Crippen LogP contribution in [-0.2, 0) is 0 Å². The van der Waals surface area contributed by atoms with Crippen molar-refractivity contribution in [1.82, 2.24) is 14.9 Å². The van der Waals surface area contributed by atoms with Crippen LogP contribution in [0, 0.1) is 0 Å². The van der Waals surface area contributed by atoms with Crippen LogP contribution in [0.15, 0.2) is 12.4 Å². The zero-order chi connectivity index (χ0) is 13.7. The first-order valence-electron chi connectivity index (χ1n) is 5.93. The first-order valence-corrected chi connectivity index (χ1v) is 5.93. The van der Waals surface area contributed by atoms with E-state index in [4.69, 9.17) is 5.11 Å². The molecule has 0 bridgehead atoms. The van der Waals surface area contributed by atoms with Gasteiger partial charge in [0, 0.05) is 31.5 Å². The fourth-order valence-electron chi connectivity index (χ4n) is 1.99. The lowest BCUT2D eigenvalue weighted by Gasteiger charge is -2.31. The Morgan fingerprint density at radius 3 is 2.50 bits per heavy atom. The maximum absolute atomic E-state index is 11.1. The number of carbonyl (C=O) groups is 1. The van der Waals surface area contributed by atoms with Gasteiger partial charge in [-0.3, -0.25) is 0 Å². The second-order valence-electron chi connectivity index (χ2n) is 4.43. The molecule has 18 heavy (non-hydrogen) atoms. The molecule has 0 spiro atoms. The number of nitrogens with zero attached hydrogens (tertiary/aromatic N) is 4. The van der Waals surface area contributed by atoms with Gasteiger partial charge < -0.3 is 14.9 Å². The Labute approximate surface area is 107 Å². The van der Waals surface area contributed by atoms with Crippen molar-refractivity contribution < 1.29 is 9.90 Å². The number of hydrogen-bond donors (Lipinski definition) is 1. The summed E-state index contributed by atoms with van der Waals surface area (Å²) in [5, 5.41) is 9.13. The molecule has 1 heterocycles. The van der Waals surface area contributed by atoms with Gasteiger partial charge in [-0.05, 0) is 27.9 Å². The molecule has 0 saturated heterocycles. The van der Waals surface area contributed by atoms with Gasteiger partial charge in [-0.2, -0.15) is 0 Å². The van der Waals surface area contributed by atoms with E-state index in [9.17, 15) is 4.79 Å². The Morgan fingerprint density at radius 2 is 2.00 bits per heavy atom. The SMILES string of the molecule is CCN(c1nccnc1C(=O)O)C(C)CN(C)C. The van der Waals surface area contributed by atoms with Crippen LogP contribution >= 0.6 is 0 Å². The molecule has 0 aromatic carbocycles. The van der Waals surface area contributed by atoms with E-state index in [2.05, 4.69) is 14.9 Å². The van der Waals surface area contributed by atoms with Crippen molar-refractivity contribution in [3.8, 4) is 0 Å². The van der Waals surface area contributed by atoms with E-state index in [1.807, 2.05) is 32.8 Å². The van der Waals surface area contributed by atoms with Crippen molar-refractivity contribution in [2.45, 2.75) is 19.9 Å². The monoisotopic (exact) mass is 252 g/mol. The van der Waals surface area contributed by atoms with Gasteiger partial charge in [-0.1, -0.05) is 0 Å². The quantitative estimate of drug-likeness (QED) is 0.813. The van der Waals surface area contributed by atoms with Crippen LogP contribution in [0.5, 0.6) is 0 Å². The van der Waals surface area contributed by atoms with Crippen LogP contribution in [0.2, 0.25) is 0 Å². The molecule has 1 aromatic rings. The van der Waals surface area contributed by atoms with Crippen molar-refractivity contribution in [1.29, 1.82) is 0 Å². The number of carboxylic acid groups (broad SMARTS) is 1. The van der Waals surface area contributed by atoms with Crippen LogP contribution < -0.4 is 4.90 Å². The maximum atomic E-state index is 11.1. The van der Waals surface area contributed by atoms with Gasteiger partial charge in [0.05, 0.1) is 0 Å². The summed E-state index contributed by atoms with van der Waals surface area (Å²) >= 11 is 0. The molecule has 0 aliphatic heterocycles. The molecule has 0 fully saturated rings. The molecule has 0 radical (unpaired) electrons. The first kappa shape index (κ1) is 14.4. The van der Waals surface area contributed by atoms with E-state index >= 15 is 0 Å². The Kier molecular flexibility index (Phi) is 5.03. The molecule has 6 nitrogen and oxygen atoms in total. The number of rotatable bonds is 6. The summed E-state index contributed by atoms with van der Waals surface area (Å²) in [6.07, 6.45) is 2.92. The normalized spacial score (nSPS) is 12.5. The van der Waals surface area contributed by atoms with Crippen LogP contribution in [0.25, 0.3) is 0 Å². The minimum Gasteiger partial charge on any atom is -0.476 e. The molecule has 100 valence electrons. The second-order valence-corrected chi connectivity index (χ2v) is 4.43. The summed E-state index contributed by atoms with van der Waals surface area (Å²) in [4.78, 5) is 23.2. The summed E-state index contributed by atoms with van der Waals surface area (Å²) in [6, 6.07) is 0.166. The number of anilines is 1. The predicted octanol–water partition coefficient (Wildman–Crippen LogP) is 0.951. The molecular formula is C12H20N4O2. The number of likely N-dealkylation sites (N-methyl/N-ethyl adjacent to an activating group) is 2. The Morgan fingerprint density at radius 1 is 1.39 bits per heavy atom.